The van der Waals surface area contributed by atoms with E-state index in [0.717, 1.165) is 17.1 Å². The minimum Gasteiger partial charge on any atom is -0.456 e. The summed E-state index contributed by atoms with van der Waals surface area (Å²) in [5.41, 5.74) is 12.1. The first-order valence-electron chi connectivity index (χ1n) is 15.9. The van der Waals surface area contributed by atoms with Crippen LogP contribution in [0.3, 0.4) is 0 Å². The van der Waals surface area contributed by atoms with E-state index in [4.69, 9.17) is 4.74 Å². The lowest BCUT2D eigenvalue weighted by atomic mass is 9.67. The fourth-order valence-corrected chi connectivity index (χ4v) is 8.19. The third kappa shape index (κ3) is 3.40. The fourth-order valence-electron chi connectivity index (χ4n) is 8.19. The number of hydrogen-bond donors (Lipinski definition) is 0. The van der Waals surface area contributed by atoms with Crippen molar-refractivity contribution in [3.8, 4) is 44.9 Å². The molecule has 0 saturated carbocycles. The van der Waals surface area contributed by atoms with E-state index >= 15 is 0 Å². The molecule has 0 spiro atoms. The Bertz CT molecular complexity index is 2510. The van der Waals surface area contributed by atoms with E-state index in [1.807, 2.05) is 0 Å². The number of ether oxygens (including phenoxy) is 1. The average Bonchev–Trinajstić information content (AvgIpc) is 3.41. The molecule has 0 aromatic heterocycles. The molecule has 1 atom stereocenters. The van der Waals surface area contributed by atoms with Crippen molar-refractivity contribution in [2.24, 2.45) is 0 Å². The van der Waals surface area contributed by atoms with Crippen LogP contribution in [0.1, 0.15) is 22.3 Å². The minimum absolute atomic E-state index is 0.479. The first kappa shape index (κ1) is 25.4. The fraction of sp³-hybridized carbons (Fsp3) is 0.0222. The van der Waals surface area contributed by atoms with E-state index in [0.29, 0.717) is 0 Å². The maximum Gasteiger partial charge on any atom is 0.135 e. The van der Waals surface area contributed by atoms with Crippen LogP contribution in [0.15, 0.2) is 170 Å². The van der Waals surface area contributed by atoms with Crippen molar-refractivity contribution in [3.05, 3.63) is 192 Å². The number of hydrogen-bond acceptors (Lipinski definition) is 1. The van der Waals surface area contributed by atoms with Crippen molar-refractivity contribution in [2.45, 2.75) is 5.41 Å². The summed E-state index contributed by atoms with van der Waals surface area (Å²) in [5, 5.41) is 4.88. The molecule has 8 aromatic carbocycles. The number of para-hydroxylation sites is 1. The first-order chi connectivity index (χ1) is 22.8. The van der Waals surface area contributed by atoms with Crippen molar-refractivity contribution < 1.29 is 4.74 Å². The summed E-state index contributed by atoms with van der Waals surface area (Å²) >= 11 is 0. The van der Waals surface area contributed by atoms with Gasteiger partial charge in [-0.2, -0.15) is 0 Å². The predicted octanol–water partition coefficient (Wildman–Crippen LogP) is 11.8. The topological polar surface area (TPSA) is 9.23 Å². The van der Waals surface area contributed by atoms with Gasteiger partial charge in [0.25, 0.3) is 0 Å². The Morgan fingerprint density at radius 2 is 1.04 bits per heavy atom. The van der Waals surface area contributed by atoms with Crippen LogP contribution in [0.2, 0.25) is 0 Å². The van der Waals surface area contributed by atoms with Crippen LogP contribution in [0.25, 0.3) is 54.9 Å². The summed E-state index contributed by atoms with van der Waals surface area (Å²) in [6.45, 7) is 0. The monoisotopic (exact) mass is 584 g/mol. The van der Waals surface area contributed by atoms with Crippen LogP contribution >= 0.6 is 0 Å². The van der Waals surface area contributed by atoms with E-state index in [9.17, 15) is 0 Å². The molecular formula is C45H28O. The summed E-state index contributed by atoms with van der Waals surface area (Å²) in [5.74, 6) is 1.81. The molecule has 2 aliphatic rings. The van der Waals surface area contributed by atoms with Gasteiger partial charge in [-0.3, -0.25) is 0 Å². The van der Waals surface area contributed by atoms with E-state index in [1.165, 1.54) is 71.6 Å². The van der Waals surface area contributed by atoms with Crippen molar-refractivity contribution >= 4 is 21.5 Å². The van der Waals surface area contributed by atoms with Crippen LogP contribution in [-0.4, -0.2) is 0 Å². The summed E-state index contributed by atoms with van der Waals surface area (Å²) in [6.07, 6.45) is 0. The van der Waals surface area contributed by atoms with E-state index in [2.05, 4.69) is 170 Å². The standard InChI is InChI=1S/C45H28O/c1-2-16-33(17-3-1)45(39-21-8-6-19-36(39)38-27-30-12-4-5-13-31(30)28-40(38)45)34-18-10-15-32(26-34)35-25-24-29-14-11-23-42-43(29)44(35)37-20-7-9-22-41(37)46-42/h1-28H. The summed E-state index contributed by atoms with van der Waals surface area (Å²) in [7, 11) is 0. The number of rotatable bonds is 3. The van der Waals surface area contributed by atoms with E-state index < -0.39 is 5.41 Å². The minimum atomic E-state index is -0.479. The molecule has 1 nitrogen and oxygen atoms in total. The highest BCUT2D eigenvalue weighted by Crippen LogP contribution is 2.57. The summed E-state index contributed by atoms with van der Waals surface area (Å²) < 4.78 is 6.43. The van der Waals surface area contributed by atoms with Gasteiger partial charge in [-0.05, 0) is 91.0 Å². The molecule has 8 aromatic rings. The van der Waals surface area contributed by atoms with Gasteiger partial charge < -0.3 is 4.74 Å². The molecule has 0 radical (unpaired) electrons. The van der Waals surface area contributed by atoms with Crippen LogP contribution in [0.5, 0.6) is 11.5 Å². The van der Waals surface area contributed by atoms with Gasteiger partial charge in [0, 0.05) is 16.5 Å². The smallest absolute Gasteiger partial charge is 0.135 e. The molecule has 1 aliphatic carbocycles. The van der Waals surface area contributed by atoms with Gasteiger partial charge in [-0.1, -0.05) is 140 Å². The van der Waals surface area contributed by atoms with Crippen LogP contribution in [-0.2, 0) is 5.41 Å². The SMILES string of the molecule is c1ccc(C2(c3cccc(-c4ccc5cccc6c5c4-c4ccccc4O6)c3)c3ccccc3-c3cc4ccccc4cc32)cc1. The Morgan fingerprint density at radius 3 is 1.93 bits per heavy atom. The van der Waals surface area contributed by atoms with Crippen molar-refractivity contribution in [3.63, 3.8) is 0 Å². The molecule has 0 N–H and O–H groups in total. The third-order valence-corrected chi connectivity index (χ3v) is 10.1. The van der Waals surface area contributed by atoms with Gasteiger partial charge in [0.1, 0.15) is 11.5 Å². The Morgan fingerprint density at radius 1 is 0.370 bits per heavy atom. The molecule has 0 saturated heterocycles. The zero-order valence-corrected chi connectivity index (χ0v) is 25.1. The highest BCUT2D eigenvalue weighted by molar-refractivity contribution is 6.10. The molecule has 1 heterocycles. The van der Waals surface area contributed by atoms with Crippen LogP contribution in [0.4, 0.5) is 0 Å². The maximum atomic E-state index is 6.43. The molecule has 46 heavy (non-hydrogen) atoms. The Hall–Kier alpha value is -5.92. The Balaban J connectivity index is 1.30. The van der Waals surface area contributed by atoms with Crippen molar-refractivity contribution in [1.82, 2.24) is 0 Å². The van der Waals surface area contributed by atoms with Gasteiger partial charge in [0.2, 0.25) is 0 Å². The van der Waals surface area contributed by atoms with E-state index in [1.54, 1.807) is 0 Å². The summed E-state index contributed by atoms with van der Waals surface area (Å²) in [6, 6.07) is 62.2. The molecule has 0 bridgehead atoms. The molecule has 0 fully saturated rings. The van der Waals surface area contributed by atoms with E-state index in [-0.39, 0.29) is 0 Å². The molecule has 1 unspecified atom stereocenters. The van der Waals surface area contributed by atoms with Gasteiger partial charge >= 0.3 is 0 Å². The lowest BCUT2D eigenvalue weighted by molar-refractivity contribution is 0.487. The van der Waals surface area contributed by atoms with Crippen LogP contribution in [0, 0.1) is 0 Å². The van der Waals surface area contributed by atoms with Gasteiger partial charge in [-0.25, -0.2) is 0 Å². The van der Waals surface area contributed by atoms with Gasteiger partial charge in [0.05, 0.1) is 5.41 Å². The average molecular weight is 585 g/mol. The van der Waals surface area contributed by atoms with Crippen molar-refractivity contribution in [1.29, 1.82) is 0 Å². The number of fused-ring (bicyclic) bond motifs is 6. The zero-order chi connectivity index (χ0) is 30.2. The predicted molar refractivity (Wildman–Crippen MR) is 190 cm³/mol. The third-order valence-electron chi connectivity index (χ3n) is 10.1. The lowest BCUT2D eigenvalue weighted by Crippen LogP contribution is -2.28. The highest BCUT2D eigenvalue weighted by atomic mass is 16.5. The zero-order valence-electron chi connectivity index (χ0n) is 25.1. The lowest BCUT2D eigenvalue weighted by Gasteiger charge is -2.34. The molecular weight excluding hydrogens is 556 g/mol. The van der Waals surface area contributed by atoms with Gasteiger partial charge in [-0.15, -0.1) is 0 Å². The first-order valence-corrected chi connectivity index (χ1v) is 15.9. The van der Waals surface area contributed by atoms with Gasteiger partial charge in [0.15, 0.2) is 0 Å². The Kier molecular flexibility index (Phi) is 5.27. The largest absolute Gasteiger partial charge is 0.456 e. The molecule has 1 heteroatoms. The maximum absolute atomic E-state index is 6.43. The molecule has 214 valence electrons. The molecule has 1 aliphatic heterocycles. The quantitative estimate of drug-likeness (QED) is 0.201. The molecule has 0 amide bonds. The van der Waals surface area contributed by atoms with Crippen molar-refractivity contribution in [2.75, 3.05) is 0 Å². The normalized spacial score (nSPS) is 15.7. The highest BCUT2D eigenvalue weighted by Gasteiger charge is 2.46. The summed E-state index contributed by atoms with van der Waals surface area (Å²) in [4.78, 5) is 0. The van der Waals surface area contributed by atoms with Crippen LogP contribution < -0.4 is 4.74 Å². The Labute approximate surface area is 268 Å². The second kappa shape index (κ2) is 9.54. The second-order valence-electron chi connectivity index (χ2n) is 12.4. The number of benzene rings is 8. The molecule has 10 rings (SSSR count). The second-order valence-corrected chi connectivity index (χ2v) is 12.4.